The Morgan fingerprint density at radius 2 is 1.85 bits per heavy atom. The van der Waals surface area contributed by atoms with Gasteiger partial charge in [-0.05, 0) is 88.7 Å². The van der Waals surface area contributed by atoms with E-state index >= 15 is 0 Å². The van der Waals surface area contributed by atoms with Crippen LogP contribution in [0, 0.1) is 17.7 Å². The molecule has 5 rings (SSSR count). The van der Waals surface area contributed by atoms with E-state index in [-0.39, 0.29) is 23.6 Å². The zero-order valence-electron chi connectivity index (χ0n) is 20.7. The number of fused-ring (bicyclic) bond motifs is 3. The number of ether oxygens (including phenoxy) is 2. The predicted octanol–water partition coefficient (Wildman–Crippen LogP) is 4.71. The minimum atomic E-state index is -0.560. The summed E-state index contributed by atoms with van der Waals surface area (Å²) in [7, 11) is -0.560. The molecule has 2 aromatic rings. The van der Waals surface area contributed by atoms with E-state index < -0.39 is 24.4 Å². The Kier molecular flexibility index (Phi) is 5.56. The van der Waals surface area contributed by atoms with Crippen LogP contribution in [0.15, 0.2) is 36.4 Å². The molecule has 4 unspecified atom stereocenters. The van der Waals surface area contributed by atoms with E-state index in [9.17, 15) is 9.18 Å². The van der Waals surface area contributed by atoms with Crippen LogP contribution in [-0.2, 0) is 25.3 Å². The molecular formula is C27H32BFO5. The number of carbonyl (C=O) groups excluding carboxylic acids is 1. The van der Waals surface area contributed by atoms with Gasteiger partial charge in [0.05, 0.1) is 23.7 Å². The molecule has 0 aromatic heterocycles. The molecule has 1 saturated heterocycles. The predicted molar refractivity (Wildman–Crippen MR) is 128 cm³/mol. The molecule has 2 fully saturated rings. The van der Waals surface area contributed by atoms with Crippen molar-refractivity contribution in [2.75, 3.05) is 6.61 Å². The second-order valence-corrected chi connectivity index (χ2v) is 10.7. The van der Waals surface area contributed by atoms with Crippen molar-refractivity contribution in [2.45, 2.75) is 71.2 Å². The number of rotatable bonds is 6. The van der Waals surface area contributed by atoms with Gasteiger partial charge in [-0.25, -0.2) is 4.39 Å². The van der Waals surface area contributed by atoms with Crippen LogP contribution < -0.4 is 10.2 Å². The summed E-state index contributed by atoms with van der Waals surface area (Å²) < 4.78 is 38.4. The fourth-order valence-electron chi connectivity index (χ4n) is 5.29. The third-order valence-electron chi connectivity index (χ3n) is 7.95. The molecule has 0 spiro atoms. The van der Waals surface area contributed by atoms with Gasteiger partial charge in [0.1, 0.15) is 17.7 Å². The molecule has 7 heteroatoms. The second-order valence-electron chi connectivity index (χ2n) is 10.7. The number of hydrogen-bond donors (Lipinski definition) is 0. The van der Waals surface area contributed by atoms with E-state index in [0.717, 1.165) is 11.9 Å². The maximum Gasteiger partial charge on any atom is 0.494 e. The zero-order valence-corrected chi connectivity index (χ0v) is 20.7. The molecule has 2 aromatic carbocycles. The van der Waals surface area contributed by atoms with Crippen molar-refractivity contribution in [3.63, 3.8) is 0 Å². The molecule has 1 heterocycles. The Labute approximate surface area is 201 Å². The molecule has 0 bridgehead atoms. The molecule has 4 atom stereocenters. The van der Waals surface area contributed by atoms with Crippen molar-refractivity contribution in [3.8, 4) is 5.75 Å². The minimum absolute atomic E-state index is 0.00930. The highest BCUT2D eigenvalue weighted by Gasteiger charge is 2.60. The summed E-state index contributed by atoms with van der Waals surface area (Å²) in [6.45, 7) is 12.1. The van der Waals surface area contributed by atoms with Crippen LogP contribution in [0.5, 0.6) is 5.75 Å². The van der Waals surface area contributed by atoms with Crippen molar-refractivity contribution in [1.82, 2.24) is 0 Å². The fraction of sp³-hybridized carbons (Fsp3) is 0.519. The maximum atomic E-state index is 14.8. The van der Waals surface area contributed by atoms with Gasteiger partial charge >= 0.3 is 13.1 Å². The summed E-state index contributed by atoms with van der Waals surface area (Å²) in [6, 6.07) is 10.9. The third-order valence-corrected chi connectivity index (χ3v) is 7.95. The molecule has 180 valence electrons. The van der Waals surface area contributed by atoms with Crippen LogP contribution in [-0.4, -0.2) is 30.9 Å². The van der Waals surface area contributed by atoms with Gasteiger partial charge in [0.25, 0.3) is 0 Å². The molecule has 2 aliphatic carbocycles. The quantitative estimate of drug-likeness (QED) is 0.456. The van der Waals surface area contributed by atoms with Gasteiger partial charge < -0.3 is 18.8 Å². The summed E-state index contributed by atoms with van der Waals surface area (Å²) in [5.41, 5.74) is 2.70. The largest absolute Gasteiger partial charge is 0.494 e. The first-order chi connectivity index (χ1) is 16.0. The van der Waals surface area contributed by atoms with E-state index in [4.69, 9.17) is 18.8 Å². The highest BCUT2D eigenvalue weighted by Crippen LogP contribution is 2.62. The number of hydrogen-bond acceptors (Lipinski definition) is 5. The molecule has 0 amide bonds. The first-order valence-electron chi connectivity index (χ1n) is 12.1. The van der Waals surface area contributed by atoms with Gasteiger partial charge in [0.2, 0.25) is 0 Å². The van der Waals surface area contributed by atoms with Crippen LogP contribution in [0.1, 0.15) is 70.3 Å². The number of halogens is 1. The van der Waals surface area contributed by atoms with Crippen molar-refractivity contribution in [3.05, 3.63) is 58.9 Å². The molecule has 0 radical (unpaired) electrons. The average molecular weight is 466 g/mol. The number of carbonyl (C=O) groups is 1. The average Bonchev–Trinajstić information content (AvgIpc) is 3.26. The van der Waals surface area contributed by atoms with Gasteiger partial charge in [0.15, 0.2) is 0 Å². The lowest BCUT2D eigenvalue weighted by atomic mass is 9.78. The maximum absolute atomic E-state index is 14.8. The van der Waals surface area contributed by atoms with Gasteiger partial charge in [0, 0.05) is 11.5 Å². The first kappa shape index (κ1) is 23.4. The Morgan fingerprint density at radius 1 is 1.15 bits per heavy atom. The van der Waals surface area contributed by atoms with Crippen LogP contribution in [0.4, 0.5) is 4.39 Å². The standard InChI is InChI=1S/C27H32BFO5/c1-7-31-25(30)24-21-13-16-12-18(9-10-19(16)23(21)24)32-15(2)20-14-17(8-11-22(20)29)28-33-26(3,4)27(5,6)34-28/h8-12,14-15,21,23-24H,7,13H2,1-6H3. The summed E-state index contributed by atoms with van der Waals surface area (Å²) in [5.74, 6) is 0.859. The lowest BCUT2D eigenvalue weighted by Gasteiger charge is -2.32. The summed E-state index contributed by atoms with van der Waals surface area (Å²) in [4.78, 5) is 12.1. The molecule has 5 nitrogen and oxygen atoms in total. The summed E-state index contributed by atoms with van der Waals surface area (Å²) in [5, 5.41) is 0. The third kappa shape index (κ3) is 3.83. The van der Waals surface area contributed by atoms with Gasteiger partial charge in [-0.2, -0.15) is 0 Å². The first-order valence-corrected chi connectivity index (χ1v) is 12.1. The van der Waals surface area contributed by atoms with Gasteiger partial charge in [-0.3, -0.25) is 4.79 Å². The van der Waals surface area contributed by atoms with E-state index in [1.807, 2.05) is 59.7 Å². The molecule has 34 heavy (non-hydrogen) atoms. The smallest absolute Gasteiger partial charge is 0.486 e. The van der Waals surface area contributed by atoms with Crippen molar-refractivity contribution < 1.29 is 28.0 Å². The van der Waals surface area contributed by atoms with E-state index in [1.54, 1.807) is 12.1 Å². The lowest BCUT2D eigenvalue weighted by molar-refractivity contribution is -0.145. The minimum Gasteiger partial charge on any atom is -0.486 e. The second kappa shape index (κ2) is 8.09. The van der Waals surface area contributed by atoms with Crippen LogP contribution >= 0.6 is 0 Å². The van der Waals surface area contributed by atoms with Crippen LogP contribution in [0.3, 0.4) is 0 Å². The Hall–Kier alpha value is -2.38. The highest BCUT2D eigenvalue weighted by atomic mass is 19.1. The normalized spacial score (nSPS) is 26.6. The van der Waals surface area contributed by atoms with E-state index in [1.165, 1.54) is 17.2 Å². The lowest BCUT2D eigenvalue weighted by Crippen LogP contribution is -2.41. The molecule has 1 aliphatic heterocycles. The van der Waals surface area contributed by atoms with Crippen molar-refractivity contribution >= 4 is 18.6 Å². The topological polar surface area (TPSA) is 54.0 Å². The SMILES string of the molecule is CCOC(=O)C1C2Cc3cc(OC(C)c4cc(B5OC(C)(C)C(C)(C)O5)ccc4F)ccc3C21. The number of benzene rings is 2. The van der Waals surface area contributed by atoms with Gasteiger partial charge in [-0.15, -0.1) is 0 Å². The van der Waals surface area contributed by atoms with Crippen LogP contribution in [0.25, 0.3) is 0 Å². The number of esters is 1. The molecular weight excluding hydrogens is 434 g/mol. The van der Waals surface area contributed by atoms with Crippen LogP contribution in [0.2, 0.25) is 0 Å². The molecule has 0 N–H and O–H groups in total. The van der Waals surface area contributed by atoms with E-state index in [0.29, 0.717) is 23.8 Å². The summed E-state index contributed by atoms with van der Waals surface area (Å²) in [6.07, 6.45) is 0.351. The highest BCUT2D eigenvalue weighted by molar-refractivity contribution is 6.62. The molecule has 1 saturated carbocycles. The zero-order chi connectivity index (χ0) is 24.4. The molecule has 3 aliphatic rings. The summed E-state index contributed by atoms with van der Waals surface area (Å²) >= 11 is 0. The van der Waals surface area contributed by atoms with Crippen molar-refractivity contribution in [1.29, 1.82) is 0 Å². The Bertz CT molecular complexity index is 1110. The van der Waals surface area contributed by atoms with Crippen molar-refractivity contribution in [2.24, 2.45) is 11.8 Å². The Balaban J connectivity index is 1.30. The Morgan fingerprint density at radius 3 is 2.53 bits per heavy atom. The van der Waals surface area contributed by atoms with Gasteiger partial charge in [-0.1, -0.05) is 18.2 Å². The fourth-order valence-corrected chi connectivity index (χ4v) is 5.29. The van der Waals surface area contributed by atoms with E-state index in [2.05, 4.69) is 0 Å². The monoisotopic (exact) mass is 466 g/mol.